The minimum absolute atomic E-state index is 0.124. The maximum Gasteiger partial charge on any atom is 0.122 e. The molecule has 1 aromatic rings. The number of nitrogens with zero attached hydrogens (tertiary/aromatic N) is 1. The Morgan fingerprint density at radius 3 is 2.69 bits per heavy atom. The van der Waals surface area contributed by atoms with Gasteiger partial charge in [-0.15, -0.1) is 0 Å². The number of nitrogen functional groups attached to an aromatic ring is 1. The van der Waals surface area contributed by atoms with Crippen LogP contribution in [0.5, 0.6) is 0 Å². The Kier molecular flexibility index (Phi) is 4.35. The molecule has 0 atom stereocenters. The highest BCUT2D eigenvalue weighted by Crippen LogP contribution is 2.15. The normalized spacial score (nSPS) is 10.5. The van der Waals surface area contributed by atoms with E-state index in [-0.39, 0.29) is 5.84 Å². The number of benzene rings is 1. The molecule has 0 amide bonds. The Labute approximate surface area is 97.8 Å². The molecular formula is C13H21N3. The van der Waals surface area contributed by atoms with Gasteiger partial charge in [0.15, 0.2) is 0 Å². The van der Waals surface area contributed by atoms with E-state index in [4.69, 9.17) is 11.1 Å². The fourth-order valence-electron chi connectivity index (χ4n) is 1.49. The summed E-state index contributed by atoms with van der Waals surface area (Å²) in [6, 6.07) is 7.81. The largest absolute Gasteiger partial charge is 0.384 e. The lowest BCUT2D eigenvalue weighted by atomic mass is 10.1. The Morgan fingerprint density at radius 1 is 1.44 bits per heavy atom. The van der Waals surface area contributed by atoms with E-state index in [0.29, 0.717) is 5.92 Å². The standard InChI is InChI=1S/C13H21N3/c1-10(2)7-8-16(3)12-6-4-5-11(9-12)13(14)15/h4-6,9-10H,7-8H2,1-3H3,(H3,14,15). The molecule has 0 bridgehead atoms. The first-order valence-electron chi connectivity index (χ1n) is 5.66. The molecule has 3 N–H and O–H groups in total. The number of nitrogens with two attached hydrogens (primary N) is 1. The second kappa shape index (κ2) is 5.54. The number of amidine groups is 1. The molecule has 0 aliphatic carbocycles. The van der Waals surface area contributed by atoms with Crippen molar-refractivity contribution in [1.82, 2.24) is 0 Å². The van der Waals surface area contributed by atoms with Gasteiger partial charge in [0, 0.05) is 24.8 Å². The minimum atomic E-state index is 0.124. The minimum Gasteiger partial charge on any atom is -0.384 e. The molecule has 3 nitrogen and oxygen atoms in total. The molecule has 0 saturated carbocycles. The topological polar surface area (TPSA) is 53.1 Å². The molecule has 0 aliphatic heterocycles. The first-order chi connectivity index (χ1) is 7.50. The zero-order valence-electron chi connectivity index (χ0n) is 10.3. The fourth-order valence-corrected chi connectivity index (χ4v) is 1.49. The molecule has 16 heavy (non-hydrogen) atoms. The van der Waals surface area contributed by atoms with Crippen molar-refractivity contribution >= 4 is 11.5 Å². The van der Waals surface area contributed by atoms with Crippen molar-refractivity contribution < 1.29 is 0 Å². The van der Waals surface area contributed by atoms with Crippen LogP contribution in [0, 0.1) is 11.3 Å². The van der Waals surface area contributed by atoms with Crippen LogP contribution in [0.2, 0.25) is 0 Å². The molecule has 88 valence electrons. The van der Waals surface area contributed by atoms with Crippen molar-refractivity contribution in [1.29, 1.82) is 5.41 Å². The summed E-state index contributed by atoms with van der Waals surface area (Å²) in [4.78, 5) is 2.20. The number of nitrogens with one attached hydrogen (secondary N) is 1. The Hall–Kier alpha value is -1.51. The summed E-state index contributed by atoms with van der Waals surface area (Å²) in [6.07, 6.45) is 1.17. The van der Waals surface area contributed by atoms with Crippen LogP contribution in [-0.2, 0) is 0 Å². The lowest BCUT2D eigenvalue weighted by Crippen LogP contribution is -2.20. The third kappa shape index (κ3) is 3.57. The molecule has 0 heterocycles. The second-order valence-electron chi connectivity index (χ2n) is 4.57. The smallest absolute Gasteiger partial charge is 0.122 e. The van der Waals surface area contributed by atoms with E-state index in [0.717, 1.165) is 17.8 Å². The third-order valence-corrected chi connectivity index (χ3v) is 2.64. The first-order valence-corrected chi connectivity index (χ1v) is 5.66. The summed E-state index contributed by atoms with van der Waals surface area (Å²) < 4.78 is 0. The maximum atomic E-state index is 7.40. The van der Waals surface area contributed by atoms with Crippen LogP contribution in [0.15, 0.2) is 24.3 Å². The molecule has 0 spiro atoms. The van der Waals surface area contributed by atoms with Crippen molar-refractivity contribution in [2.45, 2.75) is 20.3 Å². The lowest BCUT2D eigenvalue weighted by Gasteiger charge is -2.20. The Bertz CT molecular complexity index is 358. The average Bonchev–Trinajstić information content (AvgIpc) is 2.26. The van der Waals surface area contributed by atoms with Gasteiger partial charge in [-0.1, -0.05) is 26.0 Å². The number of hydrogen-bond donors (Lipinski definition) is 2. The highest BCUT2D eigenvalue weighted by Gasteiger charge is 2.04. The average molecular weight is 219 g/mol. The van der Waals surface area contributed by atoms with Gasteiger partial charge >= 0.3 is 0 Å². The lowest BCUT2D eigenvalue weighted by molar-refractivity contribution is 0.585. The second-order valence-corrected chi connectivity index (χ2v) is 4.57. The van der Waals surface area contributed by atoms with Crippen molar-refractivity contribution in [3.8, 4) is 0 Å². The molecular weight excluding hydrogens is 198 g/mol. The van der Waals surface area contributed by atoms with Crippen LogP contribution >= 0.6 is 0 Å². The number of hydrogen-bond acceptors (Lipinski definition) is 2. The summed E-state index contributed by atoms with van der Waals surface area (Å²) in [6.45, 7) is 5.47. The van der Waals surface area contributed by atoms with Crippen molar-refractivity contribution in [3.63, 3.8) is 0 Å². The van der Waals surface area contributed by atoms with E-state index in [2.05, 4.69) is 25.8 Å². The van der Waals surface area contributed by atoms with E-state index in [1.165, 1.54) is 6.42 Å². The van der Waals surface area contributed by atoms with Gasteiger partial charge in [0.1, 0.15) is 5.84 Å². The predicted molar refractivity (Wildman–Crippen MR) is 70.2 cm³/mol. The van der Waals surface area contributed by atoms with E-state index >= 15 is 0 Å². The van der Waals surface area contributed by atoms with Crippen molar-refractivity contribution in [2.24, 2.45) is 11.7 Å². The summed E-state index contributed by atoms with van der Waals surface area (Å²) in [5.41, 5.74) is 7.37. The van der Waals surface area contributed by atoms with Gasteiger partial charge in [-0.05, 0) is 24.5 Å². The van der Waals surface area contributed by atoms with Crippen LogP contribution in [0.25, 0.3) is 0 Å². The SMILES string of the molecule is CC(C)CCN(C)c1cccc(C(=N)N)c1. The molecule has 0 fully saturated rings. The van der Waals surface area contributed by atoms with Crippen LogP contribution < -0.4 is 10.6 Å². The first kappa shape index (κ1) is 12.6. The van der Waals surface area contributed by atoms with Gasteiger partial charge < -0.3 is 10.6 Å². The molecule has 1 aromatic carbocycles. The van der Waals surface area contributed by atoms with E-state index in [1.54, 1.807) is 0 Å². The van der Waals surface area contributed by atoms with Gasteiger partial charge in [-0.25, -0.2) is 0 Å². The van der Waals surface area contributed by atoms with Crippen LogP contribution in [0.3, 0.4) is 0 Å². The zero-order valence-corrected chi connectivity index (χ0v) is 10.3. The third-order valence-electron chi connectivity index (χ3n) is 2.64. The highest BCUT2D eigenvalue weighted by atomic mass is 15.1. The van der Waals surface area contributed by atoms with Crippen molar-refractivity contribution in [2.75, 3.05) is 18.5 Å². The van der Waals surface area contributed by atoms with E-state index < -0.39 is 0 Å². The predicted octanol–water partition coefficient (Wildman–Crippen LogP) is 2.45. The van der Waals surface area contributed by atoms with Crippen LogP contribution in [0.1, 0.15) is 25.8 Å². The monoisotopic (exact) mass is 219 g/mol. The van der Waals surface area contributed by atoms with Gasteiger partial charge in [-0.3, -0.25) is 5.41 Å². The highest BCUT2D eigenvalue weighted by molar-refractivity contribution is 5.95. The summed E-state index contributed by atoms with van der Waals surface area (Å²) in [7, 11) is 2.07. The molecule has 0 aromatic heterocycles. The number of rotatable bonds is 5. The van der Waals surface area contributed by atoms with Gasteiger partial charge in [0.2, 0.25) is 0 Å². The van der Waals surface area contributed by atoms with E-state index in [1.807, 2.05) is 24.3 Å². The molecule has 0 aliphatic rings. The summed E-state index contributed by atoms with van der Waals surface area (Å²) in [5.74, 6) is 0.831. The van der Waals surface area contributed by atoms with Gasteiger partial charge in [-0.2, -0.15) is 0 Å². The summed E-state index contributed by atoms with van der Waals surface area (Å²) >= 11 is 0. The Morgan fingerprint density at radius 2 is 2.12 bits per heavy atom. The quantitative estimate of drug-likeness (QED) is 0.590. The Balaban J connectivity index is 2.71. The van der Waals surface area contributed by atoms with Gasteiger partial charge in [0.25, 0.3) is 0 Å². The van der Waals surface area contributed by atoms with Crippen LogP contribution in [-0.4, -0.2) is 19.4 Å². The molecule has 0 unspecified atom stereocenters. The van der Waals surface area contributed by atoms with Gasteiger partial charge in [0.05, 0.1) is 0 Å². The zero-order chi connectivity index (χ0) is 12.1. The molecule has 0 saturated heterocycles. The molecule has 1 rings (SSSR count). The fraction of sp³-hybridized carbons (Fsp3) is 0.462. The van der Waals surface area contributed by atoms with E-state index in [9.17, 15) is 0 Å². The van der Waals surface area contributed by atoms with Crippen molar-refractivity contribution in [3.05, 3.63) is 29.8 Å². The molecule has 3 heteroatoms. The maximum absolute atomic E-state index is 7.40. The summed E-state index contributed by atoms with van der Waals surface area (Å²) in [5, 5.41) is 7.40. The molecule has 0 radical (unpaired) electrons. The van der Waals surface area contributed by atoms with Crippen LogP contribution in [0.4, 0.5) is 5.69 Å². The number of anilines is 1.